The van der Waals surface area contributed by atoms with Crippen LogP contribution in [0.4, 0.5) is 30.8 Å². The molecule has 0 spiro atoms. The summed E-state index contributed by atoms with van der Waals surface area (Å²) >= 11 is 2.04. The minimum absolute atomic E-state index is 0.0258. The van der Waals surface area contributed by atoms with Crippen LogP contribution in [0.5, 0.6) is 0 Å². The van der Waals surface area contributed by atoms with Crippen LogP contribution < -0.4 is 9.80 Å². The number of hydrogen-bond donors (Lipinski definition) is 0. The van der Waals surface area contributed by atoms with Gasteiger partial charge in [0, 0.05) is 37.6 Å². The summed E-state index contributed by atoms with van der Waals surface area (Å²) in [4.78, 5) is 92.3. The Bertz CT molecular complexity index is 2490. The van der Waals surface area contributed by atoms with Crippen LogP contribution in [0.3, 0.4) is 0 Å². The second-order valence-corrected chi connectivity index (χ2v) is 19.1. The van der Waals surface area contributed by atoms with Crippen LogP contribution in [0.25, 0.3) is 11.4 Å². The summed E-state index contributed by atoms with van der Waals surface area (Å²) in [5, 5.41) is 10.0. The van der Waals surface area contributed by atoms with Crippen LogP contribution in [0.1, 0.15) is 60.9 Å². The number of fused-ring (bicyclic) bond motifs is 4. The zero-order chi connectivity index (χ0) is 45.2. The lowest BCUT2D eigenvalue weighted by atomic mass is 10.2. The first-order valence-electron chi connectivity index (χ1n) is 18.9. The van der Waals surface area contributed by atoms with Gasteiger partial charge in [0.2, 0.25) is 0 Å². The third-order valence-electron chi connectivity index (χ3n) is 9.20. The maximum absolute atomic E-state index is 13.4. The van der Waals surface area contributed by atoms with Crippen molar-refractivity contribution in [3.63, 3.8) is 0 Å². The van der Waals surface area contributed by atoms with Crippen molar-refractivity contribution in [2.45, 2.75) is 64.8 Å². The van der Waals surface area contributed by atoms with Gasteiger partial charge in [-0.2, -0.15) is 28.3 Å². The standard InChI is InChI=1S/C36H38N12O12S3/c1-35(2,3)57-33(53)45(29(49)25-13-37-19-61-25)27-7-9-43(39-27)21-11-23-17-41(15-21)31(51)47(23)59-63(55,56)60-48-24-12-22(16-42(18-24)32(48)52)44-10-8-28(40-44)46(34(54)58-36(4,5)6)30(50)26-14-38-20-62-26/h7-14,19-20,23-24H,15-18H2,1-6H3. The van der Waals surface area contributed by atoms with Crippen LogP contribution in [-0.4, -0.2) is 143 Å². The molecule has 8 rings (SSSR count). The third-order valence-corrected chi connectivity index (χ3v) is 11.4. The Labute approximate surface area is 366 Å². The zero-order valence-corrected chi connectivity index (χ0v) is 36.7. The maximum Gasteiger partial charge on any atom is 0.442 e. The fourth-order valence-electron chi connectivity index (χ4n) is 6.67. The van der Waals surface area contributed by atoms with E-state index in [1.165, 1.54) is 79.3 Å². The van der Waals surface area contributed by atoms with Crippen molar-refractivity contribution in [2.24, 2.45) is 0 Å². The molecule has 0 N–H and O–H groups in total. The van der Waals surface area contributed by atoms with E-state index in [4.69, 9.17) is 18.0 Å². The normalized spacial score (nSPS) is 18.7. The predicted octanol–water partition coefficient (Wildman–Crippen LogP) is 3.89. The van der Waals surface area contributed by atoms with E-state index in [2.05, 4.69) is 20.2 Å². The van der Waals surface area contributed by atoms with Gasteiger partial charge in [-0.15, -0.1) is 41.4 Å². The van der Waals surface area contributed by atoms with Crippen LogP contribution in [0, 0.1) is 0 Å². The van der Waals surface area contributed by atoms with E-state index in [0.29, 0.717) is 21.5 Å². The fourth-order valence-corrected chi connectivity index (χ4v) is 8.54. The molecule has 0 aliphatic carbocycles. The van der Waals surface area contributed by atoms with Crippen LogP contribution >= 0.6 is 22.7 Å². The minimum atomic E-state index is -5.13. The molecule has 2 unspecified atom stereocenters. The van der Waals surface area contributed by atoms with Gasteiger partial charge in [-0.25, -0.2) is 28.5 Å². The van der Waals surface area contributed by atoms with Gasteiger partial charge in [0.25, 0.3) is 11.8 Å². The Kier molecular flexibility index (Phi) is 10.9. The van der Waals surface area contributed by atoms with Crippen molar-refractivity contribution in [1.82, 2.24) is 49.5 Å². The number of amides is 8. The highest BCUT2D eigenvalue weighted by atomic mass is 32.3. The smallest absolute Gasteiger partial charge is 0.442 e. The van der Waals surface area contributed by atoms with Crippen molar-refractivity contribution in [1.29, 1.82) is 0 Å². The third kappa shape index (κ3) is 8.90. The second kappa shape index (κ2) is 16.0. The monoisotopic (exact) mass is 926 g/mol. The number of hydrogen-bond acceptors (Lipinski definition) is 18. The molecule has 8 amide bonds. The quantitative estimate of drug-likeness (QED) is 0.219. The molecule has 0 saturated carbocycles. The highest BCUT2D eigenvalue weighted by molar-refractivity contribution is 7.81. The summed E-state index contributed by atoms with van der Waals surface area (Å²) in [6.45, 7) is 9.79. The van der Waals surface area contributed by atoms with Gasteiger partial charge in [-0.3, -0.25) is 19.6 Å². The van der Waals surface area contributed by atoms with E-state index in [0.717, 1.165) is 32.5 Å². The molecule has 4 aromatic heterocycles. The van der Waals surface area contributed by atoms with Crippen molar-refractivity contribution in [2.75, 3.05) is 36.0 Å². The summed E-state index contributed by atoms with van der Waals surface area (Å²) in [6.07, 6.45) is 6.63. The molecular formula is C36H38N12O12S3. The maximum atomic E-state index is 13.4. The molecule has 2 atom stereocenters. The van der Waals surface area contributed by atoms with E-state index >= 15 is 0 Å². The Morgan fingerprint density at radius 3 is 1.43 bits per heavy atom. The molecule has 63 heavy (non-hydrogen) atoms. The minimum Gasteiger partial charge on any atom is -0.443 e. The van der Waals surface area contributed by atoms with Crippen molar-refractivity contribution in [3.8, 4) is 0 Å². The summed E-state index contributed by atoms with van der Waals surface area (Å²) in [5.41, 5.74) is 1.74. The Morgan fingerprint density at radius 2 is 1.08 bits per heavy atom. The lowest BCUT2D eigenvalue weighted by Crippen LogP contribution is -2.41. The highest BCUT2D eigenvalue weighted by Gasteiger charge is 2.48. The number of carbonyl (C=O) groups is 6. The van der Waals surface area contributed by atoms with Gasteiger partial charge in [0.15, 0.2) is 11.6 Å². The van der Waals surface area contributed by atoms with E-state index < -0.39 is 69.7 Å². The number of aromatic nitrogens is 6. The second-order valence-electron chi connectivity index (χ2n) is 16.2. The number of urea groups is 2. The molecule has 2 fully saturated rings. The number of imide groups is 2. The van der Waals surface area contributed by atoms with E-state index in [1.54, 1.807) is 41.5 Å². The number of carbonyl (C=O) groups excluding carboxylic acids is 6. The highest BCUT2D eigenvalue weighted by Crippen LogP contribution is 2.32. The van der Waals surface area contributed by atoms with Crippen molar-refractivity contribution >= 4 is 92.2 Å². The molecule has 2 saturated heterocycles. The number of ether oxygens (including phenoxy) is 2. The van der Waals surface area contributed by atoms with Gasteiger partial charge in [-0.1, -0.05) is 0 Å². The largest absolute Gasteiger partial charge is 0.443 e. The van der Waals surface area contributed by atoms with Gasteiger partial charge in [0.05, 0.1) is 47.9 Å². The lowest BCUT2D eigenvalue weighted by molar-refractivity contribution is -0.0723. The summed E-state index contributed by atoms with van der Waals surface area (Å²) in [7, 11) is -5.13. The molecule has 4 aliphatic rings. The first-order valence-corrected chi connectivity index (χ1v) is 22.0. The Hall–Kier alpha value is -6.55. The van der Waals surface area contributed by atoms with Crippen LogP contribution in [0.15, 0.2) is 60.1 Å². The summed E-state index contributed by atoms with van der Waals surface area (Å²) < 4.78 is 50.8. The van der Waals surface area contributed by atoms with E-state index in [-0.39, 0.29) is 47.6 Å². The molecule has 0 radical (unpaired) electrons. The molecular weight excluding hydrogens is 889 g/mol. The molecule has 332 valence electrons. The average molecular weight is 927 g/mol. The summed E-state index contributed by atoms with van der Waals surface area (Å²) in [5.74, 6) is -1.61. The fraction of sp³-hybridized carbons (Fsp3) is 0.389. The molecule has 8 heterocycles. The SMILES string of the molecule is CC(C)(C)OC(=O)N(C(=O)c1cncs1)c1ccn(C2=CC3CN(C2)C(=O)N3OS(=O)(=O)ON2C(=O)N3CC(n4ccc(N(C(=O)OC(C)(C)C)C(=O)c5cncs5)n4)=CC2C3)n1. The first kappa shape index (κ1) is 43.1. The molecule has 4 aromatic rings. The number of nitrogens with zero attached hydrogens (tertiary/aromatic N) is 12. The van der Waals surface area contributed by atoms with Crippen molar-refractivity contribution < 1.29 is 55.2 Å². The van der Waals surface area contributed by atoms with Gasteiger partial charge >= 0.3 is 34.6 Å². The number of hydroxylamine groups is 4. The molecule has 4 aliphatic heterocycles. The van der Waals surface area contributed by atoms with Gasteiger partial charge in [0.1, 0.15) is 33.0 Å². The topological polar surface area (TPSA) is 254 Å². The molecule has 0 aromatic carbocycles. The Morgan fingerprint density at radius 1 is 0.683 bits per heavy atom. The summed E-state index contributed by atoms with van der Waals surface area (Å²) in [6, 6.07) is -0.815. The molecule has 4 bridgehead atoms. The number of thiazole rings is 2. The predicted molar refractivity (Wildman–Crippen MR) is 220 cm³/mol. The molecule has 24 nitrogen and oxygen atoms in total. The zero-order valence-electron chi connectivity index (χ0n) is 34.2. The van der Waals surface area contributed by atoms with Crippen LogP contribution in [-0.2, 0) is 28.4 Å². The van der Waals surface area contributed by atoms with Crippen LogP contribution in [0.2, 0.25) is 0 Å². The molecule has 27 heteroatoms. The average Bonchev–Trinajstić information content (AvgIpc) is 4.07. The van der Waals surface area contributed by atoms with Gasteiger partial charge < -0.3 is 19.3 Å². The van der Waals surface area contributed by atoms with Gasteiger partial charge in [-0.05, 0) is 53.7 Å². The lowest BCUT2D eigenvalue weighted by Gasteiger charge is -2.24. The van der Waals surface area contributed by atoms with E-state index in [1.807, 2.05) is 0 Å². The number of anilines is 2. The van der Waals surface area contributed by atoms with Crippen molar-refractivity contribution in [3.05, 3.63) is 69.8 Å². The first-order chi connectivity index (χ1) is 29.6. The number of rotatable bonds is 10. The van der Waals surface area contributed by atoms with E-state index in [9.17, 15) is 37.2 Å². The Balaban J connectivity index is 0.968.